The van der Waals surface area contributed by atoms with Gasteiger partial charge in [-0.1, -0.05) is 17.7 Å². The fourth-order valence-electron chi connectivity index (χ4n) is 4.29. The van der Waals surface area contributed by atoms with E-state index in [0.29, 0.717) is 32.9 Å². The fourth-order valence-corrected chi connectivity index (χ4v) is 4.29. The van der Waals surface area contributed by atoms with Crippen molar-refractivity contribution in [3.63, 3.8) is 0 Å². The van der Waals surface area contributed by atoms with Crippen molar-refractivity contribution in [2.24, 2.45) is 0 Å². The van der Waals surface area contributed by atoms with Crippen molar-refractivity contribution in [1.82, 2.24) is 15.1 Å². The van der Waals surface area contributed by atoms with Gasteiger partial charge in [-0.15, -0.1) is 0 Å². The van der Waals surface area contributed by atoms with Crippen LogP contribution in [0.1, 0.15) is 35.2 Å². The monoisotopic (exact) mass is 359 g/mol. The number of morpholine rings is 2. The molecule has 0 bridgehead atoms. The Morgan fingerprint density at radius 1 is 1.19 bits per heavy atom. The molecule has 6 heteroatoms. The molecule has 0 saturated carbocycles. The predicted octanol–water partition coefficient (Wildman–Crippen LogP) is 1.85. The Kier molecular flexibility index (Phi) is 5.16. The first-order valence-corrected chi connectivity index (χ1v) is 9.70. The number of benzene rings is 1. The van der Waals surface area contributed by atoms with E-state index < -0.39 is 0 Å². The van der Waals surface area contributed by atoms with Gasteiger partial charge < -0.3 is 24.6 Å². The molecule has 2 saturated heterocycles. The van der Waals surface area contributed by atoms with Crippen LogP contribution in [0.15, 0.2) is 12.1 Å². The Hall–Kier alpha value is -1.63. The van der Waals surface area contributed by atoms with Crippen molar-refractivity contribution >= 4 is 6.03 Å². The number of hydrogen-bond acceptors (Lipinski definition) is 4. The first-order valence-electron chi connectivity index (χ1n) is 9.70. The molecule has 3 aliphatic rings. The highest BCUT2D eigenvalue weighted by molar-refractivity contribution is 5.75. The topological polar surface area (TPSA) is 54.0 Å². The van der Waals surface area contributed by atoms with Gasteiger partial charge in [0.15, 0.2) is 0 Å². The molecule has 26 heavy (non-hydrogen) atoms. The Labute approximate surface area is 155 Å². The molecule has 6 nitrogen and oxygen atoms in total. The third-order valence-electron chi connectivity index (χ3n) is 5.70. The van der Waals surface area contributed by atoms with Gasteiger partial charge in [-0.2, -0.15) is 0 Å². The molecule has 2 fully saturated rings. The van der Waals surface area contributed by atoms with Crippen LogP contribution in [0.3, 0.4) is 0 Å². The number of nitrogens with one attached hydrogen (secondary N) is 1. The van der Waals surface area contributed by atoms with Crippen molar-refractivity contribution < 1.29 is 14.3 Å². The van der Waals surface area contributed by atoms with Gasteiger partial charge in [0.05, 0.1) is 38.5 Å². The second-order valence-corrected chi connectivity index (χ2v) is 7.64. The van der Waals surface area contributed by atoms with Crippen LogP contribution >= 0.6 is 0 Å². The number of amides is 2. The lowest BCUT2D eigenvalue weighted by Gasteiger charge is -2.40. The minimum Gasteiger partial charge on any atom is -0.378 e. The molecule has 0 unspecified atom stereocenters. The molecule has 0 aromatic heterocycles. The maximum absolute atomic E-state index is 13.1. The Bertz CT molecular complexity index is 673. The molecular formula is C20H29N3O3. The molecule has 0 aliphatic carbocycles. The minimum atomic E-state index is 0.142. The Balaban J connectivity index is 1.58. The maximum Gasteiger partial charge on any atom is 0.320 e. The van der Waals surface area contributed by atoms with Crippen molar-refractivity contribution in [2.45, 2.75) is 38.9 Å². The standard InChI is InChI=1S/C20H29N3O3/c1-14-9-16-3-5-22(20(24)23-6-8-26-12-15(23)2)11-18(16)17(10-14)19-13-25-7-4-21-19/h9-10,15,19,21H,3-8,11-13H2,1-2H3/t15-,19+/m1/s1. The quantitative estimate of drug-likeness (QED) is 0.832. The van der Waals surface area contributed by atoms with Crippen LogP contribution in [-0.2, 0) is 22.4 Å². The summed E-state index contributed by atoms with van der Waals surface area (Å²) < 4.78 is 11.2. The molecule has 1 aromatic rings. The van der Waals surface area contributed by atoms with E-state index in [-0.39, 0.29) is 18.1 Å². The van der Waals surface area contributed by atoms with Gasteiger partial charge in [0.1, 0.15) is 0 Å². The van der Waals surface area contributed by atoms with Crippen molar-refractivity contribution in [3.8, 4) is 0 Å². The highest BCUT2D eigenvalue weighted by atomic mass is 16.5. The van der Waals surface area contributed by atoms with Gasteiger partial charge in [0.2, 0.25) is 0 Å². The molecule has 142 valence electrons. The van der Waals surface area contributed by atoms with Crippen LogP contribution < -0.4 is 5.32 Å². The second-order valence-electron chi connectivity index (χ2n) is 7.64. The van der Waals surface area contributed by atoms with Gasteiger partial charge >= 0.3 is 6.03 Å². The first kappa shape index (κ1) is 17.8. The number of carbonyl (C=O) groups excluding carboxylic acids is 1. The molecule has 3 aliphatic heterocycles. The number of nitrogens with zero attached hydrogens (tertiary/aromatic N) is 2. The van der Waals surface area contributed by atoms with Crippen LogP contribution in [0.4, 0.5) is 4.79 Å². The minimum absolute atomic E-state index is 0.142. The molecular weight excluding hydrogens is 330 g/mol. The summed E-state index contributed by atoms with van der Waals surface area (Å²) in [5.74, 6) is 0. The number of rotatable bonds is 1. The second kappa shape index (κ2) is 7.55. The number of ether oxygens (including phenoxy) is 2. The summed E-state index contributed by atoms with van der Waals surface area (Å²) in [6, 6.07) is 5.04. The van der Waals surface area contributed by atoms with Gasteiger partial charge in [-0.25, -0.2) is 4.79 Å². The van der Waals surface area contributed by atoms with E-state index in [1.54, 1.807) is 0 Å². The summed E-state index contributed by atoms with van der Waals surface area (Å²) in [6.45, 7) is 9.98. The predicted molar refractivity (Wildman–Crippen MR) is 99.2 cm³/mol. The summed E-state index contributed by atoms with van der Waals surface area (Å²) >= 11 is 0. The highest BCUT2D eigenvalue weighted by Crippen LogP contribution is 2.30. The summed E-state index contributed by atoms with van der Waals surface area (Å²) in [6.07, 6.45) is 0.919. The molecule has 4 rings (SSSR count). The van der Waals surface area contributed by atoms with Crippen LogP contribution in [0.5, 0.6) is 0 Å². The van der Waals surface area contributed by atoms with Gasteiger partial charge in [0, 0.05) is 26.2 Å². The highest BCUT2D eigenvalue weighted by Gasteiger charge is 2.31. The number of urea groups is 1. The molecule has 1 aromatic carbocycles. The van der Waals surface area contributed by atoms with Gasteiger partial charge in [-0.3, -0.25) is 0 Å². The average molecular weight is 359 g/mol. The van der Waals surface area contributed by atoms with E-state index in [1.807, 2.05) is 9.80 Å². The third kappa shape index (κ3) is 3.46. The van der Waals surface area contributed by atoms with Crippen molar-refractivity contribution in [3.05, 3.63) is 34.4 Å². The average Bonchev–Trinajstić information content (AvgIpc) is 2.67. The molecule has 0 radical (unpaired) electrons. The number of fused-ring (bicyclic) bond motifs is 1. The maximum atomic E-state index is 13.1. The first-order chi connectivity index (χ1) is 12.6. The van der Waals surface area contributed by atoms with E-state index in [9.17, 15) is 4.79 Å². The summed E-state index contributed by atoms with van der Waals surface area (Å²) in [7, 11) is 0. The normalized spacial score (nSPS) is 26.5. The van der Waals surface area contributed by atoms with E-state index in [2.05, 4.69) is 31.3 Å². The number of aryl methyl sites for hydroxylation is 1. The molecule has 3 heterocycles. The zero-order chi connectivity index (χ0) is 18.1. The van der Waals surface area contributed by atoms with Crippen molar-refractivity contribution in [2.75, 3.05) is 46.1 Å². The van der Waals surface area contributed by atoms with E-state index in [4.69, 9.17) is 9.47 Å². The van der Waals surface area contributed by atoms with Gasteiger partial charge in [0.25, 0.3) is 0 Å². The van der Waals surface area contributed by atoms with Crippen LogP contribution in [-0.4, -0.2) is 67.9 Å². The summed E-state index contributed by atoms with van der Waals surface area (Å²) in [5, 5.41) is 3.57. The Morgan fingerprint density at radius 3 is 2.81 bits per heavy atom. The lowest BCUT2D eigenvalue weighted by molar-refractivity contribution is 0.00929. The van der Waals surface area contributed by atoms with E-state index in [1.165, 1.54) is 22.3 Å². The Morgan fingerprint density at radius 2 is 2.04 bits per heavy atom. The SMILES string of the molecule is Cc1cc2c(c([C@@H]3COCCN3)c1)CN(C(=O)N1CCOC[C@H]1C)CC2. The van der Waals surface area contributed by atoms with Crippen LogP contribution in [0.25, 0.3) is 0 Å². The zero-order valence-corrected chi connectivity index (χ0v) is 15.8. The largest absolute Gasteiger partial charge is 0.378 e. The van der Waals surface area contributed by atoms with Crippen LogP contribution in [0.2, 0.25) is 0 Å². The fraction of sp³-hybridized carbons (Fsp3) is 0.650. The molecule has 0 spiro atoms. The lowest BCUT2D eigenvalue weighted by Crippen LogP contribution is -2.53. The van der Waals surface area contributed by atoms with E-state index >= 15 is 0 Å². The molecule has 1 N–H and O–H groups in total. The smallest absolute Gasteiger partial charge is 0.320 e. The number of carbonyl (C=O) groups is 1. The summed E-state index contributed by atoms with van der Waals surface area (Å²) in [4.78, 5) is 17.1. The summed E-state index contributed by atoms with van der Waals surface area (Å²) in [5.41, 5.74) is 5.27. The zero-order valence-electron chi connectivity index (χ0n) is 15.8. The van der Waals surface area contributed by atoms with Gasteiger partial charge in [-0.05, 0) is 37.0 Å². The number of hydrogen-bond donors (Lipinski definition) is 1. The molecule has 2 atom stereocenters. The van der Waals surface area contributed by atoms with Crippen LogP contribution in [0, 0.1) is 6.92 Å². The van der Waals surface area contributed by atoms with E-state index in [0.717, 1.165) is 26.1 Å². The lowest BCUT2D eigenvalue weighted by atomic mass is 9.89. The van der Waals surface area contributed by atoms with Crippen molar-refractivity contribution in [1.29, 1.82) is 0 Å². The molecule has 2 amide bonds. The third-order valence-corrected chi connectivity index (χ3v) is 5.70.